The highest BCUT2D eigenvalue weighted by Crippen LogP contribution is 2.22. The number of unbranched alkanes of at least 4 members (excludes halogenated alkanes) is 1. The lowest BCUT2D eigenvalue weighted by molar-refractivity contribution is 0.557. The molecule has 1 N–H and O–H groups in total. The predicted molar refractivity (Wildman–Crippen MR) is 75.2 cm³/mol. The quantitative estimate of drug-likeness (QED) is 0.767. The maximum Gasteiger partial charge on any atom is 0.0417 e. The second kappa shape index (κ2) is 7.31. The number of benzene rings is 1. The number of rotatable bonds is 6. The summed E-state index contributed by atoms with van der Waals surface area (Å²) in [5.74, 6) is 0. The van der Waals surface area contributed by atoms with Crippen LogP contribution in [0.25, 0.3) is 0 Å². The lowest BCUT2D eigenvalue weighted by Crippen LogP contribution is -2.23. The Morgan fingerprint density at radius 1 is 1.31 bits per heavy atom. The van der Waals surface area contributed by atoms with Gasteiger partial charge in [0.1, 0.15) is 0 Å². The normalized spacial score (nSPS) is 11.1. The highest BCUT2D eigenvalue weighted by molar-refractivity contribution is 9.10. The van der Waals surface area contributed by atoms with Crippen LogP contribution in [-0.2, 0) is 6.42 Å². The molecule has 0 bridgehead atoms. The van der Waals surface area contributed by atoms with E-state index in [0.29, 0.717) is 6.04 Å². The molecule has 16 heavy (non-hydrogen) atoms. The minimum Gasteiger partial charge on any atom is -0.315 e. The molecule has 0 aromatic heterocycles. The van der Waals surface area contributed by atoms with Crippen molar-refractivity contribution in [2.75, 3.05) is 6.54 Å². The molecule has 1 aromatic rings. The van der Waals surface area contributed by atoms with Gasteiger partial charge in [-0.1, -0.05) is 47.4 Å². The first kappa shape index (κ1) is 14.0. The molecule has 0 saturated carbocycles. The molecule has 1 rings (SSSR count). The second-order valence-corrected chi connectivity index (χ2v) is 5.59. The van der Waals surface area contributed by atoms with E-state index < -0.39 is 0 Å². The highest BCUT2D eigenvalue weighted by Gasteiger charge is 2.00. The zero-order valence-corrected chi connectivity index (χ0v) is 12.2. The van der Waals surface area contributed by atoms with E-state index in [2.05, 4.69) is 41.2 Å². The Morgan fingerprint density at radius 2 is 2.06 bits per heavy atom. The highest BCUT2D eigenvalue weighted by atomic mass is 79.9. The number of aryl methyl sites for hydroxylation is 1. The predicted octanol–water partition coefficient (Wildman–Crippen LogP) is 4.42. The van der Waals surface area contributed by atoms with Crippen molar-refractivity contribution < 1.29 is 0 Å². The molecule has 0 aliphatic heterocycles. The molecular formula is C13H19BrClN. The summed E-state index contributed by atoms with van der Waals surface area (Å²) in [5, 5.41) is 4.21. The van der Waals surface area contributed by atoms with E-state index in [0.717, 1.165) is 22.5 Å². The Labute approximate surface area is 112 Å². The SMILES string of the molecule is CC(C)NCCCCc1ccc(Cl)cc1Br. The second-order valence-electron chi connectivity index (χ2n) is 4.30. The number of halogens is 2. The fourth-order valence-electron chi connectivity index (χ4n) is 1.56. The van der Waals surface area contributed by atoms with Crippen molar-refractivity contribution >= 4 is 27.5 Å². The Hall–Kier alpha value is -0.0500. The third-order valence-electron chi connectivity index (χ3n) is 2.44. The number of hydrogen-bond acceptors (Lipinski definition) is 1. The van der Waals surface area contributed by atoms with Crippen LogP contribution < -0.4 is 5.32 Å². The standard InChI is InChI=1S/C13H19BrClN/c1-10(2)16-8-4-3-5-11-6-7-12(15)9-13(11)14/h6-7,9-10,16H,3-5,8H2,1-2H3. The van der Waals surface area contributed by atoms with Gasteiger partial charge in [0.05, 0.1) is 0 Å². The van der Waals surface area contributed by atoms with Crippen molar-refractivity contribution in [3.05, 3.63) is 33.3 Å². The first-order chi connectivity index (χ1) is 7.59. The molecule has 0 heterocycles. The third kappa shape index (κ3) is 5.33. The third-order valence-corrected chi connectivity index (χ3v) is 3.41. The van der Waals surface area contributed by atoms with E-state index >= 15 is 0 Å². The molecule has 0 radical (unpaired) electrons. The lowest BCUT2D eigenvalue weighted by atomic mass is 10.1. The van der Waals surface area contributed by atoms with Crippen molar-refractivity contribution in [2.45, 2.75) is 39.2 Å². The minimum atomic E-state index is 0.585. The van der Waals surface area contributed by atoms with Crippen LogP contribution in [0.2, 0.25) is 5.02 Å². The molecule has 0 saturated heterocycles. The van der Waals surface area contributed by atoms with Crippen LogP contribution in [0, 0.1) is 0 Å². The van der Waals surface area contributed by atoms with Gasteiger partial charge in [-0.25, -0.2) is 0 Å². The maximum absolute atomic E-state index is 5.90. The molecule has 0 aliphatic carbocycles. The number of nitrogens with one attached hydrogen (secondary N) is 1. The van der Waals surface area contributed by atoms with Crippen LogP contribution in [0.1, 0.15) is 32.3 Å². The van der Waals surface area contributed by atoms with Crippen molar-refractivity contribution in [2.24, 2.45) is 0 Å². The minimum absolute atomic E-state index is 0.585. The summed E-state index contributed by atoms with van der Waals surface area (Å²) in [6.07, 6.45) is 3.53. The van der Waals surface area contributed by atoms with Gasteiger partial charge in [0.2, 0.25) is 0 Å². The zero-order chi connectivity index (χ0) is 12.0. The summed E-state index contributed by atoms with van der Waals surface area (Å²) in [5.41, 5.74) is 1.34. The van der Waals surface area contributed by atoms with Gasteiger partial charge in [-0.2, -0.15) is 0 Å². The maximum atomic E-state index is 5.90. The monoisotopic (exact) mass is 303 g/mol. The van der Waals surface area contributed by atoms with Crippen LogP contribution in [-0.4, -0.2) is 12.6 Å². The topological polar surface area (TPSA) is 12.0 Å². The Morgan fingerprint density at radius 3 is 2.69 bits per heavy atom. The van der Waals surface area contributed by atoms with Crippen LogP contribution in [0.4, 0.5) is 0 Å². The Balaban J connectivity index is 2.27. The van der Waals surface area contributed by atoms with Gasteiger partial charge >= 0.3 is 0 Å². The molecule has 90 valence electrons. The van der Waals surface area contributed by atoms with Crippen molar-refractivity contribution in [1.29, 1.82) is 0 Å². The van der Waals surface area contributed by atoms with Crippen LogP contribution in [0.15, 0.2) is 22.7 Å². The van der Waals surface area contributed by atoms with E-state index in [1.165, 1.54) is 18.4 Å². The lowest BCUT2D eigenvalue weighted by Gasteiger charge is -2.08. The van der Waals surface area contributed by atoms with Gasteiger partial charge in [-0.05, 0) is 43.5 Å². The van der Waals surface area contributed by atoms with Crippen molar-refractivity contribution in [1.82, 2.24) is 5.32 Å². The Kier molecular flexibility index (Phi) is 6.40. The van der Waals surface area contributed by atoms with Crippen LogP contribution >= 0.6 is 27.5 Å². The average molecular weight is 305 g/mol. The van der Waals surface area contributed by atoms with Gasteiger partial charge in [-0.15, -0.1) is 0 Å². The molecule has 1 aromatic carbocycles. The van der Waals surface area contributed by atoms with E-state index in [1.807, 2.05) is 12.1 Å². The van der Waals surface area contributed by atoms with E-state index in [9.17, 15) is 0 Å². The summed E-state index contributed by atoms with van der Waals surface area (Å²) in [6.45, 7) is 5.45. The van der Waals surface area contributed by atoms with Crippen molar-refractivity contribution in [3.8, 4) is 0 Å². The average Bonchev–Trinajstić information content (AvgIpc) is 2.20. The Bertz CT molecular complexity index is 326. The molecular weight excluding hydrogens is 286 g/mol. The fourth-order valence-corrected chi connectivity index (χ4v) is 2.44. The first-order valence-corrected chi connectivity index (χ1v) is 6.94. The molecule has 0 atom stereocenters. The summed E-state index contributed by atoms with van der Waals surface area (Å²) >= 11 is 9.43. The molecule has 1 nitrogen and oxygen atoms in total. The van der Waals surface area contributed by atoms with Gasteiger partial charge < -0.3 is 5.32 Å². The van der Waals surface area contributed by atoms with Gasteiger partial charge in [0.25, 0.3) is 0 Å². The van der Waals surface area contributed by atoms with Gasteiger partial charge in [-0.3, -0.25) is 0 Å². The fraction of sp³-hybridized carbons (Fsp3) is 0.538. The number of hydrogen-bond donors (Lipinski definition) is 1. The smallest absolute Gasteiger partial charge is 0.0417 e. The molecule has 0 aliphatic rings. The van der Waals surface area contributed by atoms with Gasteiger partial charge in [0.15, 0.2) is 0 Å². The molecule has 0 unspecified atom stereocenters. The summed E-state index contributed by atoms with van der Waals surface area (Å²) < 4.78 is 1.12. The largest absolute Gasteiger partial charge is 0.315 e. The van der Waals surface area contributed by atoms with E-state index in [1.54, 1.807) is 0 Å². The van der Waals surface area contributed by atoms with E-state index in [4.69, 9.17) is 11.6 Å². The molecule has 0 fully saturated rings. The van der Waals surface area contributed by atoms with E-state index in [-0.39, 0.29) is 0 Å². The summed E-state index contributed by atoms with van der Waals surface area (Å²) in [7, 11) is 0. The first-order valence-electron chi connectivity index (χ1n) is 5.77. The summed E-state index contributed by atoms with van der Waals surface area (Å²) in [4.78, 5) is 0. The molecule has 3 heteroatoms. The molecule has 0 amide bonds. The van der Waals surface area contributed by atoms with Crippen molar-refractivity contribution in [3.63, 3.8) is 0 Å². The molecule has 0 spiro atoms. The van der Waals surface area contributed by atoms with Gasteiger partial charge in [0, 0.05) is 15.5 Å². The summed E-state index contributed by atoms with van der Waals surface area (Å²) in [6, 6.07) is 6.60. The van der Waals surface area contributed by atoms with Crippen LogP contribution in [0.5, 0.6) is 0 Å². The zero-order valence-electron chi connectivity index (χ0n) is 9.89. The van der Waals surface area contributed by atoms with Crippen LogP contribution in [0.3, 0.4) is 0 Å².